The van der Waals surface area contributed by atoms with Crippen LogP contribution in [0, 0.1) is 0 Å². The molecule has 0 heterocycles. The van der Waals surface area contributed by atoms with Crippen LogP contribution in [-0.4, -0.2) is 76.0 Å². The van der Waals surface area contributed by atoms with E-state index in [4.69, 9.17) is 59.4 Å². The van der Waals surface area contributed by atoms with Crippen molar-refractivity contribution in [3.8, 4) is 0 Å². The van der Waals surface area contributed by atoms with Crippen LogP contribution >= 0.6 is 0 Å². The second-order valence-electron chi connectivity index (χ2n) is 1.72. The van der Waals surface area contributed by atoms with E-state index in [1.807, 2.05) is 0 Å². The van der Waals surface area contributed by atoms with E-state index in [0.717, 1.165) is 0 Å². The Balaban J connectivity index is -0.0000000375. The first-order valence-electron chi connectivity index (χ1n) is 3.20. The van der Waals surface area contributed by atoms with Gasteiger partial charge in [-0.1, -0.05) is 0 Å². The molecule has 15 heteroatoms. The minimum Gasteiger partial charge on any atom is -0.543 e. The van der Waals surface area contributed by atoms with Gasteiger partial charge in [-0.3, -0.25) is 0 Å². The van der Waals surface area contributed by atoms with Gasteiger partial charge in [-0.15, -0.1) is 0 Å². The largest absolute Gasteiger partial charge is 3.00 e. The zero-order valence-corrected chi connectivity index (χ0v) is 11.9. The van der Waals surface area contributed by atoms with Crippen LogP contribution in [0.15, 0.2) is 0 Å². The van der Waals surface area contributed by atoms with Crippen molar-refractivity contribution in [3.63, 3.8) is 0 Å². The number of carboxylic acid groups (broad SMARTS) is 6. The standard InChI is InChI=1S/3C2H2O4.2Al.H2O/c3*3-1(4)2(5)6;;;/h3*(H,3,4)(H,5,6);;;1H2/q;;;2*+3;/p-6. The van der Waals surface area contributed by atoms with Gasteiger partial charge >= 0.3 is 34.7 Å². The molecule has 0 aromatic carbocycles. The number of hydrogen-bond acceptors (Lipinski definition) is 12. The average Bonchev–Trinajstić information content (AvgIpc) is 2.18. The summed E-state index contributed by atoms with van der Waals surface area (Å²) in [5.41, 5.74) is 0. The van der Waals surface area contributed by atoms with Gasteiger partial charge in [0.25, 0.3) is 0 Å². The van der Waals surface area contributed by atoms with Gasteiger partial charge in [-0.2, -0.15) is 0 Å². The molecule has 0 saturated heterocycles. The number of hydrogen-bond donors (Lipinski definition) is 0. The summed E-state index contributed by atoms with van der Waals surface area (Å²) in [6.45, 7) is 0. The topological polar surface area (TPSA) is 272 Å². The van der Waals surface area contributed by atoms with Gasteiger partial charge in [0.1, 0.15) is 0 Å². The third-order valence-electron chi connectivity index (χ3n) is 0.500. The number of carboxylic acids is 6. The molecule has 110 valence electrons. The Morgan fingerprint density at radius 2 is 0.429 bits per heavy atom. The van der Waals surface area contributed by atoms with E-state index >= 15 is 0 Å². The van der Waals surface area contributed by atoms with E-state index in [0.29, 0.717) is 0 Å². The van der Waals surface area contributed by atoms with Crippen LogP contribution in [0.2, 0.25) is 0 Å². The summed E-state index contributed by atoms with van der Waals surface area (Å²) in [4.78, 5) is 53.6. The van der Waals surface area contributed by atoms with Gasteiger partial charge in [0.15, 0.2) is 0 Å². The van der Waals surface area contributed by atoms with Crippen molar-refractivity contribution in [2.75, 3.05) is 0 Å². The maximum absolute atomic E-state index is 8.93. The molecule has 0 amide bonds. The van der Waals surface area contributed by atoms with Crippen molar-refractivity contribution >= 4 is 70.5 Å². The molecule has 0 fully saturated rings. The maximum atomic E-state index is 8.93. The summed E-state index contributed by atoms with van der Waals surface area (Å²) in [7, 11) is 0. The third-order valence-corrected chi connectivity index (χ3v) is 0.500. The predicted octanol–water partition coefficient (Wildman–Crippen LogP) is -12.1. The maximum Gasteiger partial charge on any atom is 3.00 e. The first-order valence-corrected chi connectivity index (χ1v) is 3.20. The fourth-order valence-electron chi connectivity index (χ4n) is 0. The monoisotopic (exact) mass is 336 g/mol. The number of aliphatic carboxylic acids is 6. The molecule has 0 aliphatic heterocycles. The van der Waals surface area contributed by atoms with E-state index in [9.17, 15) is 0 Å². The van der Waals surface area contributed by atoms with Crippen LogP contribution in [0.5, 0.6) is 0 Å². The van der Waals surface area contributed by atoms with Crippen LogP contribution in [0.3, 0.4) is 0 Å². The summed E-state index contributed by atoms with van der Waals surface area (Å²) < 4.78 is 0. The number of carbonyl (C=O) groups is 6. The van der Waals surface area contributed by atoms with Crippen molar-refractivity contribution in [2.24, 2.45) is 0 Å². The molecule has 21 heavy (non-hydrogen) atoms. The molecule has 0 aliphatic rings. The summed E-state index contributed by atoms with van der Waals surface area (Å²) >= 11 is 0. The van der Waals surface area contributed by atoms with Crippen LogP contribution in [0.1, 0.15) is 0 Å². The van der Waals surface area contributed by atoms with E-state index in [1.165, 1.54) is 0 Å². The zero-order chi connectivity index (χ0) is 15.5. The Hall–Kier alpha value is -2.16. The van der Waals surface area contributed by atoms with Gasteiger partial charge in [-0.05, 0) is 0 Å². The van der Waals surface area contributed by atoms with Gasteiger partial charge in [0, 0.05) is 0 Å². The summed E-state index contributed by atoms with van der Waals surface area (Å²) in [6.07, 6.45) is 0. The minimum atomic E-state index is -2.19. The Labute approximate surface area is 136 Å². The second-order valence-corrected chi connectivity index (χ2v) is 1.72. The van der Waals surface area contributed by atoms with E-state index < -0.39 is 35.8 Å². The molecule has 0 radical (unpaired) electrons. The van der Waals surface area contributed by atoms with Gasteiger partial charge in [0.05, 0.1) is 35.8 Å². The molecule has 13 nitrogen and oxygen atoms in total. The SMILES string of the molecule is O.O=C([O-])C(=O)[O-].O=C([O-])C(=O)[O-].O=C([O-])C(=O)[O-].[Al+3].[Al+3]. The molecule has 0 aromatic heterocycles. The van der Waals surface area contributed by atoms with Gasteiger partial charge in [-0.25, -0.2) is 0 Å². The summed E-state index contributed by atoms with van der Waals surface area (Å²) in [5, 5.41) is 53.6. The molecule has 0 atom stereocenters. The first-order chi connectivity index (χ1) is 7.93. The molecule has 0 bridgehead atoms. The Morgan fingerprint density at radius 1 is 0.381 bits per heavy atom. The predicted molar refractivity (Wildman–Crippen MR) is 45.2 cm³/mol. The normalized spacial score (nSPS) is 6.29. The van der Waals surface area contributed by atoms with Crippen LogP contribution in [0.4, 0.5) is 0 Å². The Morgan fingerprint density at radius 3 is 0.429 bits per heavy atom. The van der Waals surface area contributed by atoms with Gasteiger partial charge < -0.3 is 64.9 Å². The molecular formula is C6H2Al2O13. The van der Waals surface area contributed by atoms with Gasteiger partial charge in [0.2, 0.25) is 0 Å². The summed E-state index contributed by atoms with van der Waals surface area (Å²) in [5.74, 6) is -13.1. The quantitative estimate of drug-likeness (QED) is 0.294. The number of rotatable bonds is 0. The third kappa shape index (κ3) is 46.2. The molecule has 0 saturated carbocycles. The smallest absolute Gasteiger partial charge is 0.543 e. The van der Waals surface area contributed by atoms with E-state index in [2.05, 4.69) is 0 Å². The minimum absolute atomic E-state index is 0. The van der Waals surface area contributed by atoms with Crippen LogP contribution in [0.25, 0.3) is 0 Å². The van der Waals surface area contributed by atoms with Crippen LogP contribution < -0.4 is 30.6 Å². The number of carbonyl (C=O) groups excluding carboxylic acids is 6. The van der Waals surface area contributed by atoms with E-state index in [1.54, 1.807) is 0 Å². The van der Waals surface area contributed by atoms with Crippen molar-refractivity contribution in [3.05, 3.63) is 0 Å². The molecule has 0 rings (SSSR count). The molecule has 0 aromatic rings. The Bertz CT molecular complexity index is 282. The zero-order valence-electron chi connectivity index (χ0n) is 9.55. The molecule has 0 aliphatic carbocycles. The first kappa shape index (κ1) is 36.4. The fourth-order valence-corrected chi connectivity index (χ4v) is 0. The molecule has 2 N–H and O–H groups in total. The van der Waals surface area contributed by atoms with Crippen LogP contribution in [-0.2, 0) is 28.8 Å². The average molecular weight is 336 g/mol. The molecule has 0 spiro atoms. The second kappa shape index (κ2) is 20.2. The van der Waals surface area contributed by atoms with Crippen molar-refractivity contribution < 1.29 is 64.9 Å². The molecule has 0 unspecified atom stereocenters. The Kier molecular flexibility index (Phi) is 34.9. The van der Waals surface area contributed by atoms with E-state index in [-0.39, 0.29) is 40.2 Å². The summed E-state index contributed by atoms with van der Waals surface area (Å²) in [6, 6.07) is 0. The van der Waals surface area contributed by atoms with Crippen molar-refractivity contribution in [1.82, 2.24) is 0 Å². The fraction of sp³-hybridized carbons (Fsp3) is 0. The molecular weight excluding hydrogens is 334 g/mol. The van der Waals surface area contributed by atoms with Crippen molar-refractivity contribution in [1.29, 1.82) is 0 Å². The van der Waals surface area contributed by atoms with Crippen molar-refractivity contribution in [2.45, 2.75) is 0 Å².